The summed E-state index contributed by atoms with van der Waals surface area (Å²) >= 11 is 0. The van der Waals surface area contributed by atoms with Crippen molar-refractivity contribution in [3.8, 4) is 11.5 Å². The van der Waals surface area contributed by atoms with Crippen molar-refractivity contribution < 1.29 is 31.3 Å². The Labute approximate surface area is 211 Å². The van der Waals surface area contributed by atoms with Crippen LogP contribution in [-0.4, -0.2) is 26.8 Å². The second kappa shape index (κ2) is 8.87. The van der Waals surface area contributed by atoms with Crippen LogP contribution in [0, 0.1) is 13.3 Å². The number of phenols is 2. The summed E-state index contributed by atoms with van der Waals surface area (Å²) in [5.41, 5.74) is 3.15. The maximum Gasteiger partial charge on any atom is 2.00 e. The van der Waals surface area contributed by atoms with Crippen molar-refractivity contribution in [2.45, 2.75) is 0 Å². The van der Waals surface area contributed by atoms with E-state index in [2.05, 4.69) is 19.8 Å². The number of aromatic hydroxyl groups is 2. The first-order chi connectivity index (χ1) is 16.2. The normalized spacial score (nSPS) is 14.1. The van der Waals surface area contributed by atoms with E-state index in [1.54, 1.807) is 36.7 Å². The van der Waals surface area contributed by atoms with E-state index >= 15 is 0 Å². The maximum atomic E-state index is 10.4. The fraction of sp³-hybridized carbons (Fsp3) is 0.0400. The molecule has 2 aliphatic rings. The van der Waals surface area contributed by atoms with Crippen LogP contribution >= 0.6 is 0 Å². The van der Waals surface area contributed by atoms with Crippen molar-refractivity contribution >= 4 is 34.4 Å². The number of para-hydroxylation sites is 4. The van der Waals surface area contributed by atoms with Gasteiger partial charge >= 0.3 is 21.1 Å². The van der Waals surface area contributed by atoms with E-state index in [9.17, 15) is 10.2 Å². The van der Waals surface area contributed by atoms with Gasteiger partial charge in [0.2, 0.25) is 0 Å². The molecule has 0 saturated heterocycles. The Hall–Kier alpha value is -3.77. The van der Waals surface area contributed by atoms with E-state index in [1.807, 2.05) is 71.7 Å². The number of hydrogen-bond donors (Lipinski definition) is 2. The molecular weight excluding hydrogens is 611 g/mol. The summed E-state index contributed by atoms with van der Waals surface area (Å²) < 4.78 is 0. The first kappa shape index (κ1) is 22.0. The Kier molecular flexibility index (Phi) is 5.75. The zero-order valence-electron chi connectivity index (χ0n) is 17.8. The van der Waals surface area contributed by atoms with Crippen molar-refractivity contribution in [2.24, 2.45) is 0 Å². The summed E-state index contributed by atoms with van der Waals surface area (Å²) in [6, 6.07) is 22.2. The SMILES string of the molecule is Oc1ccccc1N1[CH-]N(CN2[CH-]N(c3ccccc3O)c3ncccc32)c2cccnc21.[Pt+2]. The monoisotopic (exact) mass is 631 g/mol. The molecule has 0 atom stereocenters. The van der Waals surface area contributed by atoms with E-state index in [1.165, 1.54) is 0 Å². The Balaban J connectivity index is 0.00000241. The third kappa shape index (κ3) is 3.60. The van der Waals surface area contributed by atoms with Crippen molar-refractivity contribution in [1.29, 1.82) is 0 Å². The van der Waals surface area contributed by atoms with E-state index in [0.29, 0.717) is 18.0 Å². The van der Waals surface area contributed by atoms with Gasteiger partial charge in [0.25, 0.3) is 0 Å². The zero-order valence-corrected chi connectivity index (χ0v) is 20.1. The number of anilines is 6. The summed E-state index contributed by atoms with van der Waals surface area (Å²) in [5, 5.41) is 20.8. The van der Waals surface area contributed by atoms with Gasteiger partial charge in [-0.2, -0.15) is 0 Å². The molecule has 0 saturated carbocycles. The van der Waals surface area contributed by atoms with Crippen molar-refractivity contribution in [2.75, 3.05) is 26.3 Å². The van der Waals surface area contributed by atoms with Crippen LogP contribution in [0.15, 0.2) is 85.2 Å². The third-order valence-corrected chi connectivity index (χ3v) is 5.70. The Bertz CT molecular complexity index is 1240. The molecule has 8 nitrogen and oxygen atoms in total. The molecule has 4 heterocycles. The number of benzene rings is 2. The van der Waals surface area contributed by atoms with Crippen LogP contribution in [0.1, 0.15) is 0 Å². The minimum atomic E-state index is 0. The summed E-state index contributed by atoms with van der Waals surface area (Å²) in [5.74, 6) is 1.84. The Morgan fingerprint density at radius 3 is 1.44 bits per heavy atom. The summed E-state index contributed by atoms with van der Waals surface area (Å²) in [7, 11) is 0. The molecule has 2 N–H and O–H groups in total. The van der Waals surface area contributed by atoms with Crippen LogP contribution in [0.2, 0.25) is 0 Å². The molecule has 0 amide bonds. The van der Waals surface area contributed by atoms with E-state index in [4.69, 9.17) is 0 Å². The summed E-state index contributed by atoms with van der Waals surface area (Å²) in [6.07, 6.45) is 3.48. The second-order valence-corrected chi connectivity index (χ2v) is 7.72. The number of fused-ring (bicyclic) bond motifs is 2. The topological polar surface area (TPSA) is 79.2 Å². The standard InChI is InChI=1S/C25H20N6O2.Pt/c32-22-11-3-1-7-18(22)30-16-28(20-9-5-13-26-24(20)30)15-29-17-31(19-8-2-4-12-23(19)33)25-21(29)10-6-14-27-25;/h1-14,16-17,32-33H,15H2;/q-2;+2. The Morgan fingerprint density at radius 1 is 0.588 bits per heavy atom. The van der Waals surface area contributed by atoms with Crippen molar-refractivity contribution in [1.82, 2.24) is 9.97 Å². The van der Waals surface area contributed by atoms with Crippen LogP contribution < -0.4 is 19.6 Å². The zero-order chi connectivity index (χ0) is 22.4. The molecule has 6 rings (SSSR count). The minimum absolute atomic E-state index is 0. The largest absolute Gasteiger partial charge is 2.00 e. The molecule has 2 aromatic heterocycles. The molecule has 4 aromatic rings. The molecule has 172 valence electrons. The van der Waals surface area contributed by atoms with E-state index in [-0.39, 0.29) is 32.6 Å². The molecule has 0 unspecified atom stereocenters. The van der Waals surface area contributed by atoms with Gasteiger partial charge in [-0.05, 0) is 48.5 Å². The maximum absolute atomic E-state index is 10.4. The van der Waals surface area contributed by atoms with Crippen molar-refractivity contribution in [3.05, 3.63) is 98.5 Å². The average Bonchev–Trinajstić information content (AvgIpc) is 3.39. The van der Waals surface area contributed by atoms with Crippen LogP contribution in [0.3, 0.4) is 0 Å². The van der Waals surface area contributed by atoms with Crippen LogP contribution in [0.25, 0.3) is 0 Å². The number of nitrogens with zero attached hydrogens (tertiary/aromatic N) is 6. The average molecular weight is 632 g/mol. The number of hydrogen-bond acceptors (Lipinski definition) is 8. The van der Waals surface area contributed by atoms with Crippen molar-refractivity contribution in [3.63, 3.8) is 0 Å². The fourth-order valence-corrected chi connectivity index (χ4v) is 4.19. The van der Waals surface area contributed by atoms with Gasteiger partial charge in [0, 0.05) is 19.1 Å². The molecule has 0 radical (unpaired) electrons. The summed E-state index contributed by atoms with van der Waals surface area (Å²) in [6.45, 7) is 4.34. The van der Waals surface area contributed by atoms with Crippen LogP contribution in [0.4, 0.5) is 34.4 Å². The molecule has 0 spiro atoms. The van der Waals surface area contributed by atoms with Gasteiger partial charge in [-0.15, -0.1) is 13.3 Å². The molecular formula is C25H20N6O2Pt. The molecule has 2 aliphatic heterocycles. The van der Waals surface area contributed by atoms with Gasteiger partial charge in [0.05, 0.1) is 22.7 Å². The quantitative estimate of drug-likeness (QED) is 0.314. The molecule has 0 bridgehead atoms. The summed E-state index contributed by atoms with van der Waals surface area (Å²) in [4.78, 5) is 17.0. The number of aromatic nitrogens is 2. The first-order valence-corrected chi connectivity index (χ1v) is 10.5. The smallest absolute Gasteiger partial charge is 0.506 e. The predicted molar refractivity (Wildman–Crippen MR) is 127 cm³/mol. The van der Waals surface area contributed by atoms with Gasteiger partial charge in [0.15, 0.2) is 0 Å². The Morgan fingerprint density at radius 2 is 1.00 bits per heavy atom. The van der Waals surface area contributed by atoms with Crippen LogP contribution in [0.5, 0.6) is 11.5 Å². The number of phenolic OH excluding ortho intramolecular Hbond substituents is 2. The van der Waals surface area contributed by atoms with Gasteiger partial charge in [-0.25, -0.2) is 9.97 Å². The molecule has 2 aromatic carbocycles. The molecule has 0 aliphatic carbocycles. The van der Waals surface area contributed by atoms with E-state index in [0.717, 1.165) is 23.0 Å². The number of rotatable bonds is 4. The minimum Gasteiger partial charge on any atom is -0.506 e. The molecule has 34 heavy (non-hydrogen) atoms. The molecule has 9 heteroatoms. The van der Waals surface area contributed by atoms with Gasteiger partial charge in [-0.3, -0.25) is 0 Å². The second-order valence-electron chi connectivity index (χ2n) is 7.72. The van der Waals surface area contributed by atoms with Crippen LogP contribution in [-0.2, 0) is 21.1 Å². The van der Waals surface area contributed by atoms with E-state index < -0.39 is 0 Å². The first-order valence-electron chi connectivity index (χ1n) is 10.5. The number of pyridine rings is 2. The predicted octanol–water partition coefficient (Wildman–Crippen LogP) is 4.70. The molecule has 0 fully saturated rings. The van der Waals surface area contributed by atoms with Gasteiger partial charge < -0.3 is 29.8 Å². The van der Waals surface area contributed by atoms with Gasteiger partial charge in [0.1, 0.15) is 23.1 Å². The fourth-order valence-electron chi connectivity index (χ4n) is 4.19. The van der Waals surface area contributed by atoms with Gasteiger partial charge in [-0.1, -0.05) is 24.3 Å². The third-order valence-electron chi connectivity index (χ3n) is 5.70.